The Kier molecular flexibility index (Phi) is 4.91. The first kappa shape index (κ1) is 14.2. The van der Waals surface area contributed by atoms with Crippen LogP contribution in [-0.4, -0.2) is 30.2 Å². The summed E-state index contributed by atoms with van der Waals surface area (Å²) in [6, 6.07) is 7.65. The number of benzene rings is 1. The van der Waals surface area contributed by atoms with Gasteiger partial charge in [-0.05, 0) is 0 Å². The lowest BCUT2D eigenvalue weighted by molar-refractivity contribution is -0.0969. The summed E-state index contributed by atoms with van der Waals surface area (Å²) < 4.78 is 37.7. The summed E-state index contributed by atoms with van der Waals surface area (Å²) in [5, 5.41) is 10.5. The van der Waals surface area contributed by atoms with Crippen molar-refractivity contribution in [2.45, 2.75) is 6.18 Å². The van der Waals surface area contributed by atoms with Crippen LogP contribution in [0, 0.1) is 0 Å². The number of aliphatic hydroxyl groups excluding tert-OH is 1. The first-order valence-electron chi connectivity index (χ1n) is 5.18. The van der Waals surface area contributed by atoms with Gasteiger partial charge in [0.05, 0.1) is 6.61 Å². The van der Waals surface area contributed by atoms with Crippen molar-refractivity contribution in [2.24, 2.45) is 0 Å². The van der Waals surface area contributed by atoms with Gasteiger partial charge in [0.15, 0.2) is 5.78 Å². The number of carbonyl (C=O) groups is 1. The van der Waals surface area contributed by atoms with Gasteiger partial charge in [-0.25, -0.2) is 0 Å². The van der Waals surface area contributed by atoms with Crippen molar-refractivity contribution >= 4 is 5.78 Å². The van der Waals surface area contributed by atoms with Gasteiger partial charge in [0.25, 0.3) is 0 Å². The van der Waals surface area contributed by atoms with Crippen LogP contribution in [0.1, 0.15) is 10.4 Å². The average molecular weight is 259 g/mol. The molecule has 3 nitrogen and oxygen atoms in total. The van der Waals surface area contributed by atoms with Crippen molar-refractivity contribution < 1.29 is 23.1 Å². The molecule has 18 heavy (non-hydrogen) atoms. The van der Waals surface area contributed by atoms with Crippen LogP contribution in [0.4, 0.5) is 13.2 Å². The largest absolute Gasteiger partial charge is 0.431 e. The van der Waals surface area contributed by atoms with Gasteiger partial charge in [-0.3, -0.25) is 4.79 Å². The summed E-state index contributed by atoms with van der Waals surface area (Å²) >= 11 is 0. The van der Waals surface area contributed by atoms with E-state index in [1.807, 2.05) is 5.32 Å². The third-order valence-corrected chi connectivity index (χ3v) is 2.07. The molecule has 0 aromatic heterocycles. The van der Waals surface area contributed by atoms with E-state index in [9.17, 15) is 18.0 Å². The molecule has 0 atom stereocenters. The molecule has 0 aliphatic carbocycles. The van der Waals surface area contributed by atoms with Gasteiger partial charge in [-0.1, -0.05) is 30.3 Å². The quantitative estimate of drug-likeness (QED) is 0.627. The number of alkyl halides is 3. The molecule has 0 saturated carbocycles. The van der Waals surface area contributed by atoms with Crippen LogP contribution in [0.5, 0.6) is 0 Å². The molecule has 0 spiro atoms. The zero-order chi connectivity index (χ0) is 13.6. The fraction of sp³-hybridized carbons (Fsp3) is 0.250. The molecule has 1 rings (SSSR count). The van der Waals surface area contributed by atoms with Crippen molar-refractivity contribution in [3.8, 4) is 0 Å². The Morgan fingerprint density at radius 3 is 2.39 bits per heavy atom. The van der Waals surface area contributed by atoms with Crippen molar-refractivity contribution in [3.05, 3.63) is 47.7 Å². The maximum absolute atomic E-state index is 12.6. The molecule has 0 unspecified atom stereocenters. The van der Waals surface area contributed by atoms with Gasteiger partial charge in [-0.2, -0.15) is 13.2 Å². The highest BCUT2D eigenvalue weighted by molar-refractivity contribution is 6.04. The van der Waals surface area contributed by atoms with Gasteiger partial charge in [0, 0.05) is 18.2 Å². The van der Waals surface area contributed by atoms with Crippen molar-refractivity contribution in [3.63, 3.8) is 0 Å². The van der Waals surface area contributed by atoms with E-state index in [0.29, 0.717) is 6.08 Å². The highest BCUT2D eigenvalue weighted by Crippen LogP contribution is 2.23. The lowest BCUT2D eigenvalue weighted by atomic mass is 10.1. The average Bonchev–Trinajstić information content (AvgIpc) is 2.34. The fourth-order valence-corrected chi connectivity index (χ4v) is 1.24. The summed E-state index contributed by atoms with van der Waals surface area (Å²) in [5.41, 5.74) is -0.990. The van der Waals surface area contributed by atoms with Crippen LogP contribution < -0.4 is 5.32 Å². The predicted octanol–water partition coefficient (Wildman–Crippen LogP) is 1.90. The molecule has 0 heterocycles. The molecule has 1 aromatic carbocycles. The van der Waals surface area contributed by atoms with Crippen LogP contribution in [0.3, 0.4) is 0 Å². The number of hydrogen-bond acceptors (Lipinski definition) is 3. The van der Waals surface area contributed by atoms with E-state index >= 15 is 0 Å². The molecule has 0 radical (unpaired) electrons. The summed E-state index contributed by atoms with van der Waals surface area (Å²) in [7, 11) is 0. The van der Waals surface area contributed by atoms with Crippen LogP contribution >= 0.6 is 0 Å². The molecule has 1 aromatic rings. The lowest BCUT2D eigenvalue weighted by Gasteiger charge is -2.13. The number of nitrogens with one attached hydrogen (secondary N) is 1. The van der Waals surface area contributed by atoms with Gasteiger partial charge in [-0.15, -0.1) is 0 Å². The minimum Gasteiger partial charge on any atom is -0.395 e. The number of allylic oxidation sites excluding steroid dienone is 2. The van der Waals surface area contributed by atoms with Gasteiger partial charge < -0.3 is 10.4 Å². The Labute approximate surface area is 102 Å². The summed E-state index contributed by atoms with van der Waals surface area (Å²) in [4.78, 5) is 11.6. The Morgan fingerprint density at radius 2 is 1.89 bits per heavy atom. The highest BCUT2D eigenvalue weighted by atomic mass is 19.4. The van der Waals surface area contributed by atoms with E-state index in [0.717, 1.165) is 0 Å². The number of hydrogen-bond donors (Lipinski definition) is 2. The lowest BCUT2D eigenvalue weighted by Crippen LogP contribution is -2.29. The molecule has 0 aliphatic heterocycles. The number of carbonyl (C=O) groups excluding carboxylic acids is 1. The molecular weight excluding hydrogens is 247 g/mol. The highest BCUT2D eigenvalue weighted by Gasteiger charge is 2.34. The SMILES string of the molecule is O=C(C=C(NCCO)C(F)(F)F)c1ccccc1. The summed E-state index contributed by atoms with van der Waals surface area (Å²) in [6.07, 6.45) is -4.16. The maximum atomic E-state index is 12.6. The van der Waals surface area contributed by atoms with E-state index in [4.69, 9.17) is 5.11 Å². The van der Waals surface area contributed by atoms with Gasteiger partial charge >= 0.3 is 6.18 Å². The zero-order valence-electron chi connectivity index (χ0n) is 9.37. The van der Waals surface area contributed by atoms with E-state index in [1.165, 1.54) is 12.1 Å². The third kappa shape index (κ3) is 4.21. The van der Waals surface area contributed by atoms with E-state index in [1.54, 1.807) is 18.2 Å². The first-order chi connectivity index (χ1) is 8.45. The maximum Gasteiger partial charge on any atom is 0.431 e. The topological polar surface area (TPSA) is 49.3 Å². The molecule has 0 saturated heterocycles. The monoisotopic (exact) mass is 259 g/mol. The number of rotatable bonds is 5. The first-order valence-corrected chi connectivity index (χ1v) is 5.18. The molecule has 0 amide bonds. The zero-order valence-corrected chi connectivity index (χ0v) is 9.37. The predicted molar refractivity (Wildman–Crippen MR) is 60.0 cm³/mol. The smallest absolute Gasteiger partial charge is 0.395 e. The second-order valence-electron chi connectivity index (χ2n) is 3.44. The molecular formula is C12H12F3NO2. The van der Waals surface area contributed by atoms with E-state index < -0.39 is 24.3 Å². The Bertz CT molecular complexity index is 427. The standard InChI is InChI=1S/C12H12F3NO2/c13-12(14,15)11(16-6-7-17)8-10(18)9-4-2-1-3-5-9/h1-5,8,16-17H,6-7H2. The Balaban J connectivity index is 2.91. The van der Waals surface area contributed by atoms with Crippen molar-refractivity contribution in [2.75, 3.05) is 13.2 Å². The Hall–Kier alpha value is -1.82. The fourth-order valence-electron chi connectivity index (χ4n) is 1.24. The second-order valence-corrected chi connectivity index (χ2v) is 3.44. The van der Waals surface area contributed by atoms with Crippen molar-refractivity contribution in [1.82, 2.24) is 5.32 Å². The summed E-state index contributed by atoms with van der Waals surface area (Å²) in [6.45, 7) is -0.722. The van der Waals surface area contributed by atoms with E-state index in [2.05, 4.69) is 0 Å². The molecule has 98 valence electrons. The molecule has 0 fully saturated rings. The molecule has 0 aliphatic rings. The minimum atomic E-state index is -4.65. The van der Waals surface area contributed by atoms with Crippen LogP contribution in [0.25, 0.3) is 0 Å². The van der Waals surface area contributed by atoms with Crippen LogP contribution in [0.15, 0.2) is 42.1 Å². The second kappa shape index (κ2) is 6.20. The molecule has 6 heteroatoms. The van der Waals surface area contributed by atoms with Gasteiger partial charge in [0.2, 0.25) is 0 Å². The normalized spacial score (nSPS) is 12.3. The number of halogens is 3. The molecule has 2 N–H and O–H groups in total. The third-order valence-electron chi connectivity index (χ3n) is 2.07. The summed E-state index contributed by atoms with van der Waals surface area (Å²) in [5.74, 6) is -0.742. The molecule has 0 bridgehead atoms. The van der Waals surface area contributed by atoms with Crippen LogP contribution in [-0.2, 0) is 0 Å². The van der Waals surface area contributed by atoms with Crippen molar-refractivity contribution in [1.29, 1.82) is 0 Å². The van der Waals surface area contributed by atoms with E-state index in [-0.39, 0.29) is 12.1 Å². The van der Waals surface area contributed by atoms with Gasteiger partial charge in [0.1, 0.15) is 5.70 Å². The van der Waals surface area contributed by atoms with Crippen LogP contribution in [0.2, 0.25) is 0 Å². The number of aliphatic hydroxyl groups is 1. The minimum absolute atomic E-state index is 0.171. The Morgan fingerprint density at radius 1 is 1.28 bits per heavy atom. The number of ketones is 1.